The van der Waals surface area contributed by atoms with E-state index in [1.807, 2.05) is 6.07 Å². The number of nitrogens with two attached hydrogens (primary N) is 3. The molecular formula is C19H31N9O2. The van der Waals surface area contributed by atoms with Crippen LogP contribution in [0.15, 0.2) is 18.5 Å². The second-order valence-electron chi connectivity index (χ2n) is 7.68. The second kappa shape index (κ2) is 10.6. The van der Waals surface area contributed by atoms with Crippen molar-refractivity contribution in [2.45, 2.75) is 24.9 Å². The summed E-state index contributed by atoms with van der Waals surface area (Å²) in [5.74, 6) is -0.820. The number of amides is 1. The first-order valence-electron chi connectivity index (χ1n) is 10.2. The first kappa shape index (κ1) is 22.4. The van der Waals surface area contributed by atoms with Crippen molar-refractivity contribution >= 4 is 17.3 Å². The van der Waals surface area contributed by atoms with Gasteiger partial charge in [0.05, 0.1) is 54.6 Å². The first-order valence-corrected chi connectivity index (χ1v) is 10.2. The Balaban J connectivity index is 1.70. The SMILES string of the molecule is N#CCC1CNC(C(C(=O)Nc2cnccc2N2CCOC(CN)C2)C(N)N)NC1. The van der Waals surface area contributed by atoms with Crippen molar-refractivity contribution in [3.8, 4) is 6.07 Å². The van der Waals surface area contributed by atoms with Crippen LogP contribution in [0.3, 0.4) is 0 Å². The molecule has 2 aliphatic heterocycles. The fourth-order valence-electron chi connectivity index (χ4n) is 3.86. The van der Waals surface area contributed by atoms with Gasteiger partial charge in [-0.1, -0.05) is 0 Å². The standard InChI is InChI=1S/C19H31N9O2/c20-3-1-12-8-25-18(26-9-12)16(17(22)23)19(29)27-14-10-24-4-2-15(14)28-5-6-30-13(7-21)11-28/h2,4,10,12-13,16-18,25-26H,1,5-9,11,21-23H2,(H,27,29). The third-order valence-corrected chi connectivity index (χ3v) is 5.51. The largest absolute Gasteiger partial charge is 0.373 e. The minimum Gasteiger partial charge on any atom is -0.373 e. The Morgan fingerprint density at radius 1 is 1.43 bits per heavy atom. The van der Waals surface area contributed by atoms with E-state index >= 15 is 0 Å². The van der Waals surface area contributed by atoms with Crippen LogP contribution in [0.1, 0.15) is 6.42 Å². The van der Waals surface area contributed by atoms with Gasteiger partial charge in [0.2, 0.25) is 5.91 Å². The number of pyridine rings is 1. The van der Waals surface area contributed by atoms with Gasteiger partial charge in [-0.2, -0.15) is 5.26 Å². The Hall–Kier alpha value is -2.33. The highest BCUT2D eigenvalue weighted by Gasteiger charge is 2.35. The molecule has 30 heavy (non-hydrogen) atoms. The van der Waals surface area contributed by atoms with E-state index in [1.165, 1.54) is 0 Å². The minimum absolute atomic E-state index is 0.0577. The van der Waals surface area contributed by atoms with Gasteiger partial charge in [0.15, 0.2) is 0 Å². The molecule has 0 aliphatic carbocycles. The molecule has 11 nitrogen and oxygen atoms in total. The van der Waals surface area contributed by atoms with E-state index in [9.17, 15) is 4.79 Å². The van der Waals surface area contributed by atoms with Crippen molar-refractivity contribution in [2.24, 2.45) is 29.0 Å². The van der Waals surface area contributed by atoms with Crippen LogP contribution in [0.5, 0.6) is 0 Å². The monoisotopic (exact) mass is 417 g/mol. The maximum atomic E-state index is 13.1. The quantitative estimate of drug-likeness (QED) is 0.274. The maximum Gasteiger partial charge on any atom is 0.233 e. The lowest BCUT2D eigenvalue weighted by molar-refractivity contribution is -0.122. The molecule has 1 amide bonds. The van der Waals surface area contributed by atoms with Crippen LogP contribution >= 0.6 is 0 Å². The molecule has 0 radical (unpaired) electrons. The molecule has 2 saturated heterocycles. The topological polar surface area (TPSA) is 180 Å². The van der Waals surface area contributed by atoms with E-state index in [-0.39, 0.29) is 24.1 Å². The number of nitrogens with zero attached hydrogens (tertiary/aromatic N) is 3. The van der Waals surface area contributed by atoms with Gasteiger partial charge in [0.1, 0.15) is 0 Å². The molecule has 0 spiro atoms. The molecule has 0 saturated carbocycles. The van der Waals surface area contributed by atoms with E-state index in [1.54, 1.807) is 12.4 Å². The van der Waals surface area contributed by atoms with Gasteiger partial charge in [0, 0.05) is 45.3 Å². The van der Waals surface area contributed by atoms with Gasteiger partial charge in [-0.3, -0.25) is 9.78 Å². The number of nitrogens with one attached hydrogen (secondary N) is 3. The predicted octanol–water partition coefficient (Wildman–Crippen LogP) is -1.91. The van der Waals surface area contributed by atoms with Crippen LogP contribution in [0.25, 0.3) is 0 Å². The molecule has 3 heterocycles. The smallest absolute Gasteiger partial charge is 0.233 e. The Morgan fingerprint density at radius 3 is 2.87 bits per heavy atom. The Bertz CT molecular complexity index is 746. The van der Waals surface area contributed by atoms with Crippen molar-refractivity contribution in [3.63, 3.8) is 0 Å². The molecule has 2 fully saturated rings. The van der Waals surface area contributed by atoms with Crippen LogP contribution in [-0.2, 0) is 9.53 Å². The number of hydrogen-bond donors (Lipinski definition) is 6. The number of morpholine rings is 1. The Kier molecular flexibility index (Phi) is 7.92. The number of hydrogen-bond acceptors (Lipinski definition) is 10. The molecule has 1 aromatic rings. The number of ether oxygens (including phenoxy) is 1. The molecular weight excluding hydrogens is 386 g/mol. The molecule has 2 aliphatic rings. The summed E-state index contributed by atoms with van der Waals surface area (Å²) in [4.78, 5) is 19.4. The molecule has 0 aromatic carbocycles. The minimum atomic E-state index is -0.868. The zero-order chi connectivity index (χ0) is 21.5. The predicted molar refractivity (Wildman–Crippen MR) is 113 cm³/mol. The number of carbonyl (C=O) groups is 1. The fraction of sp³-hybridized carbons (Fsp3) is 0.632. The number of anilines is 2. The third kappa shape index (κ3) is 5.42. The lowest BCUT2D eigenvalue weighted by Crippen LogP contribution is -2.63. The fourth-order valence-corrected chi connectivity index (χ4v) is 3.86. The number of carbonyl (C=O) groups excluding carboxylic acids is 1. The van der Waals surface area contributed by atoms with Crippen molar-refractivity contribution in [3.05, 3.63) is 18.5 Å². The van der Waals surface area contributed by atoms with E-state index in [0.29, 0.717) is 51.4 Å². The number of rotatable bonds is 7. The van der Waals surface area contributed by atoms with Crippen molar-refractivity contribution in [1.29, 1.82) is 5.26 Å². The lowest BCUT2D eigenvalue weighted by atomic mass is 9.96. The number of aromatic nitrogens is 1. The molecule has 164 valence electrons. The molecule has 11 heteroatoms. The summed E-state index contributed by atoms with van der Waals surface area (Å²) < 4.78 is 5.64. The summed E-state index contributed by atoms with van der Waals surface area (Å²) in [5, 5.41) is 18.3. The van der Waals surface area contributed by atoms with Gasteiger partial charge < -0.3 is 42.8 Å². The molecule has 1 aromatic heterocycles. The lowest BCUT2D eigenvalue weighted by Gasteiger charge is -2.37. The normalized spacial score (nSPS) is 25.6. The highest BCUT2D eigenvalue weighted by atomic mass is 16.5. The zero-order valence-corrected chi connectivity index (χ0v) is 17.0. The van der Waals surface area contributed by atoms with Gasteiger partial charge in [-0.05, 0) is 12.0 Å². The summed E-state index contributed by atoms with van der Waals surface area (Å²) in [7, 11) is 0. The van der Waals surface area contributed by atoms with Crippen LogP contribution < -0.4 is 38.1 Å². The summed E-state index contributed by atoms with van der Waals surface area (Å²) in [6.45, 7) is 3.56. The second-order valence-corrected chi connectivity index (χ2v) is 7.68. The average Bonchev–Trinajstić information content (AvgIpc) is 2.75. The van der Waals surface area contributed by atoms with Crippen molar-refractivity contribution < 1.29 is 9.53 Å². The Morgan fingerprint density at radius 2 is 2.20 bits per heavy atom. The highest BCUT2D eigenvalue weighted by molar-refractivity contribution is 5.96. The van der Waals surface area contributed by atoms with Crippen LogP contribution in [-0.4, -0.2) is 68.7 Å². The number of nitriles is 1. The van der Waals surface area contributed by atoms with Gasteiger partial charge in [-0.15, -0.1) is 0 Å². The van der Waals surface area contributed by atoms with Crippen molar-refractivity contribution in [2.75, 3.05) is 49.5 Å². The molecule has 9 N–H and O–H groups in total. The van der Waals surface area contributed by atoms with Gasteiger partial charge in [-0.25, -0.2) is 0 Å². The molecule has 2 atom stereocenters. The van der Waals surface area contributed by atoms with Gasteiger partial charge >= 0.3 is 0 Å². The summed E-state index contributed by atoms with van der Waals surface area (Å²) >= 11 is 0. The maximum absolute atomic E-state index is 13.1. The van der Waals surface area contributed by atoms with Crippen LogP contribution in [0.2, 0.25) is 0 Å². The first-order chi connectivity index (χ1) is 14.5. The average molecular weight is 418 g/mol. The summed E-state index contributed by atoms with van der Waals surface area (Å²) in [6, 6.07) is 4.02. The van der Waals surface area contributed by atoms with Crippen LogP contribution in [0, 0.1) is 23.2 Å². The van der Waals surface area contributed by atoms with Gasteiger partial charge in [0.25, 0.3) is 0 Å². The van der Waals surface area contributed by atoms with E-state index < -0.39 is 12.1 Å². The van der Waals surface area contributed by atoms with E-state index in [2.05, 4.69) is 31.9 Å². The summed E-state index contributed by atoms with van der Waals surface area (Å²) in [6.07, 6.45) is 2.43. The van der Waals surface area contributed by atoms with Crippen LogP contribution in [0.4, 0.5) is 11.4 Å². The molecule has 0 bridgehead atoms. The third-order valence-electron chi connectivity index (χ3n) is 5.51. The Labute approximate surface area is 176 Å². The van der Waals surface area contributed by atoms with Crippen molar-refractivity contribution in [1.82, 2.24) is 15.6 Å². The zero-order valence-electron chi connectivity index (χ0n) is 17.0. The highest BCUT2D eigenvalue weighted by Crippen LogP contribution is 2.27. The summed E-state index contributed by atoms with van der Waals surface area (Å²) in [5.41, 5.74) is 19.1. The molecule has 2 unspecified atom stereocenters. The van der Waals surface area contributed by atoms with E-state index in [0.717, 1.165) is 5.69 Å². The molecule has 3 rings (SSSR count). The van der Waals surface area contributed by atoms with E-state index in [4.69, 9.17) is 27.2 Å².